The molecule has 1 aliphatic carbocycles. The van der Waals surface area contributed by atoms with E-state index in [9.17, 15) is 14.7 Å². The Kier molecular flexibility index (Phi) is 7.49. The molecule has 0 bridgehead atoms. The minimum Gasteiger partial charge on any atom is -0.444 e. The highest BCUT2D eigenvalue weighted by Crippen LogP contribution is 2.52. The molecule has 1 atom stereocenters. The number of hydrogen-bond acceptors (Lipinski definition) is 6. The minimum absolute atomic E-state index is 0.0176. The summed E-state index contributed by atoms with van der Waals surface area (Å²) >= 11 is 0. The number of β-amino-alcohol motifs (C(OH)–C–C–N with tert-alkyl or cyclic N) is 1. The fourth-order valence-electron chi connectivity index (χ4n) is 6.78. The maximum atomic E-state index is 13.7. The molecule has 2 fully saturated rings. The molecule has 2 aromatic rings. The van der Waals surface area contributed by atoms with E-state index in [0.29, 0.717) is 32.7 Å². The Morgan fingerprint density at radius 3 is 2.51 bits per heavy atom. The number of piperidine rings is 1. The second-order valence-corrected chi connectivity index (χ2v) is 13.5. The normalized spacial score (nSPS) is 21.3. The Labute approximate surface area is 243 Å². The molecule has 4 aliphatic rings. The predicted octanol–water partition coefficient (Wildman–Crippen LogP) is 4.40. The van der Waals surface area contributed by atoms with E-state index in [2.05, 4.69) is 46.6 Å². The lowest BCUT2D eigenvalue weighted by molar-refractivity contribution is 0.0210. The molecule has 0 aromatic heterocycles. The van der Waals surface area contributed by atoms with Crippen LogP contribution in [0.4, 0.5) is 10.5 Å². The number of fused-ring (bicyclic) bond motifs is 3. The van der Waals surface area contributed by atoms with Crippen LogP contribution in [-0.4, -0.2) is 88.8 Å². The van der Waals surface area contributed by atoms with E-state index < -0.39 is 11.7 Å². The summed E-state index contributed by atoms with van der Waals surface area (Å²) in [6, 6.07) is 15.0. The quantitative estimate of drug-likeness (QED) is 0.545. The maximum Gasteiger partial charge on any atom is 0.410 e. The fourth-order valence-corrected chi connectivity index (χ4v) is 6.78. The van der Waals surface area contributed by atoms with Gasteiger partial charge >= 0.3 is 6.09 Å². The van der Waals surface area contributed by atoms with Gasteiger partial charge < -0.3 is 25.0 Å². The molecule has 2 aromatic carbocycles. The van der Waals surface area contributed by atoms with Crippen molar-refractivity contribution in [2.45, 2.75) is 82.6 Å². The van der Waals surface area contributed by atoms with Gasteiger partial charge in [-0.2, -0.15) is 0 Å². The van der Waals surface area contributed by atoms with Crippen LogP contribution in [-0.2, 0) is 23.1 Å². The number of carbonyl (C=O) groups is 2. The first-order chi connectivity index (χ1) is 19.6. The molecular formula is C33H44N4O4. The Morgan fingerprint density at radius 1 is 1.07 bits per heavy atom. The van der Waals surface area contributed by atoms with Crippen molar-refractivity contribution in [2.75, 3.05) is 44.6 Å². The average Bonchev–Trinajstić information content (AvgIpc) is 3.71. The van der Waals surface area contributed by atoms with Crippen LogP contribution < -0.4 is 5.32 Å². The molecule has 2 amide bonds. The van der Waals surface area contributed by atoms with Crippen LogP contribution in [0.3, 0.4) is 0 Å². The molecule has 8 heteroatoms. The molecule has 3 heterocycles. The zero-order chi connectivity index (χ0) is 28.8. The first kappa shape index (κ1) is 28.0. The summed E-state index contributed by atoms with van der Waals surface area (Å²) in [6.07, 6.45) is 3.98. The van der Waals surface area contributed by atoms with Gasteiger partial charge in [-0.3, -0.25) is 9.69 Å². The van der Waals surface area contributed by atoms with E-state index in [4.69, 9.17) is 4.74 Å². The highest BCUT2D eigenvalue weighted by Gasteiger charge is 2.51. The lowest BCUT2D eigenvalue weighted by Crippen LogP contribution is -2.49. The van der Waals surface area contributed by atoms with Crippen LogP contribution in [0, 0.1) is 0 Å². The smallest absolute Gasteiger partial charge is 0.410 e. The number of aliphatic hydroxyl groups is 1. The van der Waals surface area contributed by atoms with Gasteiger partial charge in [-0.15, -0.1) is 0 Å². The van der Waals surface area contributed by atoms with Crippen LogP contribution in [0.2, 0.25) is 0 Å². The molecular weight excluding hydrogens is 516 g/mol. The lowest BCUT2D eigenvalue weighted by atomic mass is 9.86. The number of nitrogens with zero attached hydrogens (tertiary/aromatic N) is 3. The van der Waals surface area contributed by atoms with E-state index in [1.165, 1.54) is 11.1 Å². The number of nitrogens with one attached hydrogen (secondary N) is 1. The zero-order valence-corrected chi connectivity index (χ0v) is 24.7. The number of benzene rings is 2. The molecule has 1 saturated carbocycles. The Hall–Kier alpha value is -3.10. The van der Waals surface area contributed by atoms with Crippen LogP contribution in [0.15, 0.2) is 42.5 Å². The average molecular weight is 561 g/mol. The van der Waals surface area contributed by atoms with Gasteiger partial charge in [0, 0.05) is 68.5 Å². The zero-order valence-electron chi connectivity index (χ0n) is 24.7. The van der Waals surface area contributed by atoms with Crippen molar-refractivity contribution in [3.05, 3.63) is 64.7 Å². The number of amides is 2. The van der Waals surface area contributed by atoms with Crippen molar-refractivity contribution in [1.82, 2.24) is 14.7 Å². The number of anilines is 1. The van der Waals surface area contributed by atoms with Crippen molar-refractivity contribution in [3.63, 3.8) is 0 Å². The molecule has 0 unspecified atom stereocenters. The summed E-state index contributed by atoms with van der Waals surface area (Å²) in [5.74, 6) is 0.0176. The number of hydrogen-bond donors (Lipinski definition) is 2. The summed E-state index contributed by atoms with van der Waals surface area (Å²) in [4.78, 5) is 32.1. The van der Waals surface area contributed by atoms with Crippen molar-refractivity contribution < 1.29 is 19.4 Å². The molecule has 41 heavy (non-hydrogen) atoms. The Morgan fingerprint density at radius 2 is 1.80 bits per heavy atom. The van der Waals surface area contributed by atoms with Gasteiger partial charge in [0.2, 0.25) is 0 Å². The standard InChI is InChI=1S/C33H44N4O4/c1-32(2,3)41-31(40)36-16-11-25(12-17-36)34-26-8-9-29-28(18-26)30(39)37(22-33(29)13-14-33)21-27(38)20-35-15-10-23-6-4-5-7-24(23)19-35/h4-9,18,25,27,34,38H,10-17,19-22H2,1-3H3/t27-/m1/s1. The molecule has 8 nitrogen and oxygen atoms in total. The monoisotopic (exact) mass is 560 g/mol. The predicted molar refractivity (Wildman–Crippen MR) is 159 cm³/mol. The van der Waals surface area contributed by atoms with E-state index in [-0.39, 0.29) is 23.5 Å². The second-order valence-electron chi connectivity index (χ2n) is 13.5. The van der Waals surface area contributed by atoms with Crippen LogP contribution >= 0.6 is 0 Å². The SMILES string of the molecule is CC(C)(C)OC(=O)N1CCC(Nc2ccc3c(c2)C(=O)N(C[C@H](O)CN2CCc4ccccc4C2)CC32CC2)CC1. The summed E-state index contributed by atoms with van der Waals surface area (Å²) in [5, 5.41) is 14.7. The fraction of sp³-hybridized carbons (Fsp3) is 0.576. The molecule has 2 N–H and O–H groups in total. The van der Waals surface area contributed by atoms with Gasteiger partial charge in [-0.1, -0.05) is 30.3 Å². The van der Waals surface area contributed by atoms with Gasteiger partial charge in [-0.25, -0.2) is 4.79 Å². The molecule has 1 saturated heterocycles. The molecule has 6 rings (SSSR count). The number of ether oxygens (including phenoxy) is 1. The van der Waals surface area contributed by atoms with Gasteiger partial charge in [-0.05, 0) is 81.7 Å². The second kappa shape index (κ2) is 11.0. The summed E-state index contributed by atoms with van der Waals surface area (Å²) in [5.41, 5.74) is 5.14. The van der Waals surface area contributed by atoms with E-state index >= 15 is 0 Å². The number of aliphatic hydroxyl groups excluding tert-OH is 1. The van der Waals surface area contributed by atoms with Crippen molar-refractivity contribution in [2.24, 2.45) is 0 Å². The lowest BCUT2D eigenvalue weighted by Gasteiger charge is -2.38. The highest BCUT2D eigenvalue weighted by atomic mass is 16.6. The highest BCUT2D eigenvalue weighted by molar-refractivity contribution is 5.98. The van der Waals surface area contributed by atoms with Crippen molar-refractivity contribution in [3.8, 4) is 0 Å². The minimum atomic E-state index is -0.585. The third kappa shape index (κ3) is 6.24. The van der Waals surface area contributed by atoms with Gasteiger partial charge in [0.05, 0.1) is 6.10 Å². The third-order valence-corrected chi connectivity index (χ3v) is 9.08. The van der Waals surface area contributed by atoms with Crippen LogP contribution in [0.1, 0.15) is 73.5 Å². The first-order valence-electron chi connectivity index (χ1n) is 15.2. The van der Waals surface area contributed by atoms with E-state index in [1.807, 2.05) is 31.7 Å². The van der Waals surface area contributed by atoms with E-state index in [0.717, 1.165) is 62.0 Å². The number of rotatable bonds is 6. The first-order valence-corrected chi connectivity index (χ1v) is 15.2. The van der Waals surface area contributed by atoms with Gasteiger partial charge in [0.1, 0.15) is 5.60 Å². The van der Waals surface area contributed by atoms with Gasteiger partial charge in [0.15, 0.2) is 0 Å². The Bertz CT molecular complexity index is 1290. The van der Waals surface area contributed by atoms with Crippen molar-refractivity contribution in [1.29, 1.82) is 0 Å². The summed E-state index contributed by atoms with van der Waals surface area (Å²) < 4.78 is 5.53. The topological polar surface area (TPSA) is 85.3 Å². The third-order valence-electron chi connectivity index (χ3n) is 9.08. The molecule has 1 spiro atoms. The molecule has 0 radical (unpaired) electrons. The summed E-state index contributed by atoms with van der Waals surface area (Å²) in [7, 11) is 0. The molecule has 220 valence electrons. The Balaban J connectivity index is 1.07. The largest absolute Gasteiger partial charge is 0.444 e. The van der Waals surface area contributed by atoms with Crippen molar-refractivity contribution >= 4 is 17.7 Å². The summed E-state index contributed by atoms with van der Waals surface area (Å²) in [6.45, 7) is 10.4. The van der Waals surface area contributed by atoms with Crippen LogP contribution in [0.5, 0.6) is 0 Å². The number of carbonyl (C=O) groups excluding carboxylic acids is 2. The van der Waals surface area contributed by atoms with Crippen LogP contribution in [0.25, 0.3) is 0 Å². The van der Waals surface area contributed by atoms with E-state index in [1.54, 1.807) is 4.90 Å². The van der Waals surface area contributed by atoms with Gasteiger partial charge in [0.25, 0.3) is 5.91 Å². The maximum absolute atomic E-state index is 13.7. The number of likely N-dealkylation sites (tertiary alicyclic amines) is 1. The molecule has 3 aliphatic heterocycles.